The van der Waals surface area contributed by atoms with Crippen LogP contribution in [0.15, 0.2) is 42.6 Å². The van der Waals surface area contributed by atoms with E-state index in [1.807, 2.05) is 30.3 Å². The van der Waals surface area contributed by atoms with Crippen molar-refractivity contribution in [1.29, 1.82) is 0 Å². The van der Waals surface area contributed by atoms with Crippen molar-refractivity contribution in [3.05, 3.63) is 53.9 Å². The van der Waals surface area contributed by atoms with E-state index in [0.29, 0.717) is 31.1 Å². The first kappa shape index (κ1) is 18.2. The molecule has 1 saturated heterocycles. The van der Waals surface area contributed by atoms with Crippen molar-refractivity contribution >= 4 is 29.7 Å². The summed E-state index contributed by atoms with van der Waals surface area (Å²) in [5, 5.41) is 7.82. The van der Waals surface area contributed by atoms with E-state index in [9.17, 15) is 9.59 Å². The summed E-state index contributed by atoms with van der Waals surface area (Å²) in [4.78, 5) is 25.7. The first-order valence-corrected chi connectivity index (χ1v) is 9.31. The Morgan fingerprint density at radius 2 is 2.15 bits per heavy atom. The highest BCUT2D eigenvalue weighted by molar-refractivity contribution is 8.00. The molecule has 1 aromatic carbocycles. The lowest BCUT2D eigenvalue weighted by molar-refractivity contribution is -0.140. The normalized spacial score (nSPS) is 17.4. The molecule has 0 spiro atoms. The molecule has 0 saturated carbocycles. The largest absolute Gasteiger partial charge is 0.468 e. The Morgan fingerprint density at radius 1 is 1.35 bits per heavy atom. The summed E-state index contributed by atoms with van der Waals surface area (Å²) in [5.74, 6) is 0.282. The second kappa shape index (κ2) is 8.66. The van der Waals surface area contributed by atoms with Gasteiger partial charge in [-0.05, 0) is 11.6 Å². The van der Waals surface area contributed by atoms with Gasteiger partial charge in [0.15, 0.2) is 0 Å². The van der Waals surface area contributed by atoms with Gasteiger partial charge in [0, 0.05) is 24.9 Å². The molecule has 1 atom stereocenters. The highest BCUT2D eigenvalue weighted by atomic mass is 32.2. The van der Waals surface area contributed by atoms with Crippen molar-refractivity contribution < 1.29 is 14.3 Å². The molecule has 1 fully saturated rings. The van der Waals surface area contributed by atoms with Gasteiger partial charge in [-0.25, -0.2) is 4.68 Å². The van der Waals surface area contributed by atoms with Gasteiger partial charge < -0.3 is 9.64 Å². The number of thioether (sulfide) groups is 1. The smallest absolute Gasteiger partial charge is 0.320 e. The Kier molecular flexibility index (Phi) is 6.06. The van der Waals surface area contributed by atoms with Gasteiger partial charge in [0.05, 0.1) is 19.9 Å². The minimum atomic E-state index is -0.321. The van der Waals surface area contributed by atoms with Crippen LogP contribution in [0.4, 0.5) is 0 Å². The van der Waals surface area contributed by atoms with Crippen molar-refractivity contribution in [1.82, 2.24) is 19.9 Å². The molecule has 1 aliphatic heterocycles. The molecule has 1 aromatic heterocycles. The maximum atomic E-state index is 12.3. The summed E-state index contributed by atoms with van der Waals surface area (Å²) in [5.41, 5.74) is 1.74. The molecule has 0 radical (unpaired) electrons. The van der Waals surface area contributed by atoms with Gasteiger partial charge in [0.2, 0.25) is 5.91 Å². The Bertz CT molecular complexity index is 791. The van der Waals surface area contributed by atoms with Crippen molar-refractivity contribution in [3.63, 3.8) is 0 Å². The maximum absolute atomic E-state index is 12.3. The van der Waals surface area contributed by atoms with Crippen LogP contribution in [0.25, 0.3) is 6.08 Å². The summed E-state index contributed by atoms with van der Waals surface area (Å²) >= 11 is 1.52. The number of hydrogen-bond acceptors (Lipinski definition) is 6. The van der Waals surface area contributed by atoms with E-state index in [1.165, 1.54) is 24.9 Å². The lowest BCUT2D eigenvalue weighted by atomic mass is 10.2. The number of rotatable bonds is 5. The van der Waals surface area contributed by atoms with Crippen LogP contribution in [0, 0.1) is 0 Å². The molecule has 0 unspecified atom stereocenters. The van der Waals surface area contributed by atoms with Crippen LogP contribution in [-0.4, -0.2) is 63.0 Å². The number of carbonyl (C=O) groups is 2. The molecule has 0 N–H and O–H groups in total. The fourth-order valence-electron chi connectivity index (χ4n) is 2.62. The first-order valence-electron chi connectivity index (χ1n) is 8.26. The van der Waals surface area contributed by atoms with Crippen LogP contribution in [0.3, 0.4) is 0 Å². The van der Waals surface area contributed by atoms with E-state index in [-0.39, 0.29) is 17.1 Å². The summed E-state index contributed by atoms with van der Waals surface area (Å²) < 4.78 is 6.49. The molecular formula is C18H20N4O3S. The van der Waals surface area contributed by atoms with Crippen LogP contribution in [0.5, 0.6) is 0 Å². The first-order chi connectivity index (χ1) is 12.7. The zero-order valence-electron chi connectivity index (χ0n) is 14.4. The second-order valence-corrected chi connectivity index (χ2v) is 7.14. The third kappa shape index (κ3) is 4.72. The number of esters is 1. The molecule has 2 heterocycles. The van der Waals surface area contributed by atoms with Crippen LogP contribution in [0.2, 0.25) is 0 Å². The molecule has 3 rings (SSSR count). The van der Waals surface area contributed by atoms with Gasteiger partial charge in [-0.15, -0.1) is 16.9 Å². The Morgan fingerprint density at radius 3 is 2.92 bits per heavy atom. The zero-order chi connectivity index (χ0) is 18.4. The summed E-state index contributed by atoms with van der Waals surface area (Å²) in [6.45, 7) is 1.60. The van der Waals surface area contributed by atoms with E-state index in [4.69, 9.17) is 4.74 Å². The van der Waals surface area contributed by atoms with Gasteiger partial charge in [-0.3, -0.25) is 9.59 Å². The van der Waals surface area contributed by atoms with E-state index in [0.717, 1.165) is 5.56 Å². The quantitative estimate of drug-likeness (QED) is 0.584. The van der Waals surface area contributed by atoms with E-state index >= 15 is 0 Å². The van der Waals surface area contributed by atoms with Crippen LogP contribution < -0.4 is 0 Å². The van der Waals surface area contributed by atoms with Crippen LogP contribution in [-0.2, 0) is 20.9 Å². The van der Waals surface area contributed by atoms with Gasteiger partial charge in [-0.2, -0.15) is 0 Å². The fraction of sp³-hybridized carbons (Fsp3) is 0.333. The molecule has 1 aliphatic rings. The number of carbonyl (C=O) groups excluding carboxylic acids is 2. The predicted octanol–water partition coefficient (Wildman–Crippen LogP) is 1.46. The lowest BCUT2D eigenvalue weighted by Crippen LogP contribution is -2.44. The highest BCUT2D eigenvalue weighted by Crippen LogP contribution is 2.20. The molecule has 7 nitrogen and oxygen atoms in total. The third-order valence-electron chi connectivity index (χ3n) is 3.98. The molecule has 2 aromatic rings. The van der Waals surface area contributed by atoms with Crippen LogP contribution in [0.1, 0.15) is 11.3 Å². The topological polar surface area (TPSA) is 77.3 Å². The van der Waals surface area contributed by atoms with Gasteiger partial charge >= 0.3 is 5.97 Å². The molecule has 0 aliphatic carbocycles. The van der Waals surface area contributed by atoms with Crippen molar-refractivity contribution in [3.8, 4) is 0 Å². The number of methoxy groups -OCH3 is 1. The molecule has 8 heteroatoms. The third-order valence-corrected chi connectivity index (χ3v) is 5.14. The number of ether oxygens (including phenoxy) is 1. The summed E-state index contributed by atoms with van der Waals surface area (Å²) in [6, 6.07) is 9.96. The molecule has 26 heavy (non-hydrogen) atoms. The molecule has 0 bridgehead atoms. The molecular weight excluding hydrogens is 352 g/mol. The number of nitrogens with zero attached hydrogens (tertiary/aromatic N) is 4. The average molecular weight is 372 g/mol. The van der Waals surface area contributed by atoms with Gasteiger partial charge in [-0.1, -0.05) is 35.5 Å². The van der Waals surface area contributed by atoms with Crippen molar-refractivity contribution in [2.24, 2.45) is 0 Å². The summed E-state index contributed by atoms with van der Waals surface area (Å²) in [6.07, 6.45) is 4.91. The van der Waals surface area contributed by atoms with Crippen molar-refractivity contribution in [2.75, 3.05) is 26.0 Å². The second-order valence-electron chi connectivity index (χ2n) is 5.83. The minimum absolute atomic E-state index is 0.142. The molecule has 1 amide bonds. The Labute approximate surface area is 156 Å². The van der Waals surface area contributed by atoms with Gasteiger partial charge in [0.1, 0.15) is 10.9 Å². The lowest BCUT2D eigenvalue weighted by Gasteiger charge is -2.30. The summed E-state index contributed by atoms with van der Waals surface area (Å²) in [7, 11) is 1.36. The minimum Gasteiger partial charge on any atom is -0.468 e. The van der Waals surface area contributed by atoms with E-state index < -0.39 is 0 Å². The molecule has 136 valence electrons. The monoisotopic (exact) mass is 372 g/mol. The fourth-order valence-corrected chi connectivity index (χ4v) is 3.75. The van der Waals surface area contributed by atoms with E-state index in [1.54, 1.807) is 21.9 Å². The average Bonchev–Trinajstić information content (AvgIpc) is 3.13. The highest BCUT2D eigenvalue weighted by Gasteiger charge is 2.28. The number of amides is 1. The maximum Gasteiger partial charge on any atom is 0.320 e. The van der Waals surface area contributed by atoms with Crippen LogP contribution >= 0.6 is 11.8 Å². The Hall–Kier alpha value is -2.61. The SMILES string of the molecule is COC(=O)[C@H]1CN(C(=O)/C=C/c2cn(Cc3ccccc3)nn2)CCS1. The van der Waals surface area contributed by atoms with Gasteiger partial charge in [0.25, 0.3) is 0 Å². The zero-order valence-corrected chi connectivity index (χ0v) is 15.3. The predicted molar refractivity (Wildman–Crippen MR) is 99.4 cm³/mol. The van der Waals surface area contributed by atoms with E-state index in [2.05, 4.69) is 10.3 Å². The Balaban J connectivity index is 1.57. The number of benzene rings is 1. The number of aromatic nitrogens is 3. The number of hydrogen-bond donors (Lipinski definition) is 0. The standard InChI is InChI=1S/C18H20N4O3S/c1-25-18(24)16-13-21(9-10-26-16)17(23)8-7-15-12-22(20-19-15)11-14-5-3-2-4-6-14/h2-8,12,16H,9-11,13H2,1H3/b8-7+/t16-/m1/s1. The van der Waals surface area contributed by atoms with Crippen molar-refractivity contribution in [2.45, 2.75) is 11.8 Å².